The molecule has 0 spiro atoms. The van der Waals surface area contributed by atoms with E-state index in [0.29, 0.717) is 0 Å². The zero-order chi connectivity index (χ0) is 24.0. The van der Waals surface area contributed by atoms with Crippen molar-refractivity contribution in [3.8, 4) is 0 Å². The van der Waals surface area contributed by atoms with E-state index in [1.807, 2.05) is 84.9 Å². The van der Waals surface area contributed by atoms with Crippen molar-refractivity contribution in [2.45, 2.75) is 0 Å². The summed E-state index contributed by atoms with van der Waals surface area (Å²) in [6.45, 7) is 0. The molecule has 0 saturated carbocycles. The zero-order valence-corrected chi connectivity index (χ0v) is 18.5. The van der Waals surface area contributed by atoms with Crippen LogP contribution in [0.25, 0.3) is 21.5 Å². The van der Waals surface area contributed by atoms with Crippen LogP contribution in [-0.2, 0) is 0 Å². The Morgan fingerprint density at radius 3 is 1.49 bits per heavy atom. The van der Waals surface area contributed by atoms with Gasteiger partial charge in [-0.3, -0.25) is 9.59 Å². The molecule has 5 aromatic rings. The minimum atomic E-state index is -0.570. The summed E-state index contributed by atoms with van der Waals surface area (Å²) in [5.74, 6) is -1.22. The van der Waals surface area contributed by atoms with Gasteiger partial charge in [-0.15, -0.1) is 0 Å². The third-order valence-electron chi connectivity index (χ3n) is 5.44. The van der Waals surface area contributed by atoms with Crippen molar-refractivity contribution in [2.24, 2.45) is 10.2 Å². The molecule has 1 aromatic heterocycles. The van der Waals surface area contributed by atoms with E-state index in [1.54, 1.807) is 12.4 Å². The minimum Gasteiger partial charge on any atom is -0.446 e. The lowest BCUT2D eigenvalue weighted by atomic mass is 10.1. The van der Waals surface area contributed by atoms with Gasteiger partial charge in [0, 0.05) is 11.1 Å². The molecule has 2 N–H and O–H groups in total. The lowest BCUT2D eigenvalue weighted by molar-refractivity contribution is 0.0902. The van der Waals surface area contributed by atoms with Gasteiger partial charge in [0.25, 0.3) is 0 Å². The fourth-order valence-electron chi connectivity index (χ4n) is 3.74. The second-order valence-corrected chi connectivity index (χ2v) is 7.70. The van der Waals surface area contributed by atoms with Crippen molar-refractivity contribution in [3.05, 3.63) is 120 Å². The Bertz CT molecular complexity index is 1470. The van der Waals surface area contributed by atoms with Gasteiger partial charge < -0.3 is 4.42 Å². The van der Waals surface area contributed by atoms with Crippen LogP contribution >= 0.6 is 0 Å². The van der Waals surface area contributed by atoms with Crippen LogP contribution in [0.1, 0.15) is 32.2 Å². The number of nitrogens with one attached hydrogen (secondary N) is 2. The van der Waals surface area contributed by atoms with E-state index >= 15 is 0 Å². The largest absolute Gasteiger partial charge is 0.446 e. The molecular formula is C28H20N4O3. The number of furan rings is 1. The first-order valence-corrected chi connectivity index (χ1v) is 10.9. The van der Waals surface area contributed by atoms with Gasteiger partial charge in [-0.2, -0.15) is 10.2 Å². The molecule has 7 heteroatoms. The summed E-state index contributed by atoms with van der Waals surface area (Å²) in [6.07, 6.45) is 3.14. The van der Waals surface area contributed by atoms with Gasteiger partial charge in [0.05, 0.1) is 12.4 Å². The first kappa shape index (κ1) is 21.8. The molecular weight excluding hydrogens is 440 g/mol. The van der Waals surface area contributed by atoms with Crippen LogP contribution in [0.3, 0.4) is 0 Å². The van der Waals surface area contributed by atoms with Gasteiger partial charge in [-0.25, -0.2) is 10.9 Å². The van der Waals surface area contributed by atoms with E-state index in [1.165, 1.54) is 12.1 Å². The van der Waals surface area contributed by atoms with E-state index in [9.17, 15) is 9.59 Å². The Balaban J connectivity index is 1.21. The van der Waals surface area contributed by atoms with E-state index < -0.39 is 11.8 Å². The predicted molar refractivity (Wildman–Crippen MR) is 137 cm³/mol. The third-order valence-corrected chi connectivity index (χ3v) is 5.44. The predicted octanol–water partition coefficient (Wildman–Crippen LogP) is 5.11. The highest BCUT2D eigenvalue weighted by Gasteiger charge is 2.15. The zero-order valence-electron chi connectivity index (χ0n) is 18.5. The Labute approximate surface area is 200 Å². The van der Waals surface area contributed by atoms with Gasteiger partial charge in [0.1, 0.15) is 0 Å². The number of nitrogens with zero attached hydrogens (tertiary/aromatic N) is 2. The van der Waals surface area contributed by atoms with Crippen molar-refractivity contribution in [2.75, 3.05) is 0 Å². The molecule has 170 valence electrons. The number of rotatable bonds is 6. The highest BCUT2D eigenvalue weighted by atomic mass is 16.4. The Morgan fingerprint density at radius 1 is 0.571 bits per heavy atom. The van der Waals surface area contributed by atoms with Crippen molar-refractivity contribution < 1.29 is 14.0 Å². The summed E-state index contributed by atoms with van der Waals surface area (Å²) < 4.78 is 5.38. The minimum absolute atomic E-state index is 0.0387. The average Bonchev–Trinajstić information content (AvgIpc) is 3.40. The summed E-state index contributed by atoms with van der Waals surface area (Å²) in [5, 5.41) is 12.2. The molecule has 7 nitrogen and oxygen atoms in total. The molecule has 0 aliphatic rings. The van der Waals surface area contributed by atoms with E-state index in [2.05, 4.69) is 21.1 Å². The topological polar surface area (TPSA) is 96.1 Å². The molecule has 0 bridgehead atoms. The van der Waals surface area contributed by atoms with Crippen LogP contribution in [0.5, 0.6) is 0 Å². The maximum atomic E-state index is 12.4. The molecule has 0 aliphatic carbocycles. The van der Waals surface area contributed by atoms with Crippen LogP contribution in [-0.4, -0.2) is 24.2 Å². The van der Waals surface area contributed by atoms with Gasteiger partial charge in [-0.05, 0) is 33.7 Å². The van der Waals surface area contributed by atoms with Crippen molar-refractivity contribution >= 4 is 45.8 Å². The van der Waals surface area contributed by atoms with Crippen molar-refractivity contribution in [1.29, 1.82) is 0 Å². The molecule has 35 heavy (non-hydrogen) atoms. The number of benzene rings is 4. The smallest absolute Gasteiger partial charge is 0.307 e. The summed E-state index contributed by atoms with van der Waals surface area (Å²) in [7, 11) is 0. The van der Waals surface area contributed by atoms with Gasteiger partial charge in [-0.1, -0.05) is 84.9 Å². The maximum absolute atomic E-state index is 12.4. The number of hydrogen-bond acceptors (Lipinski definition) is 5. The first-order chi connectivity index (χ1) is 17.2. The molecule has 1 heterocycles. The SMILES string of the molecule is O=C(NN=Cc1cccc2ccccc12)c1ccc(C(=O)NN=Cc2cccc3ccccc23)o1. The number of hydrogen-bond donors (Lipinski definition) is 2. The van der Waals surface area contributed by atoms with E-state index in [-0.39, 0.29) is 11.5 Å². The van der Waals surface area contributed by atoms with E-state index in [4.69, 9.17) is 4.42 Å². The Kier molecular flexibility index (Phi) is 6.13. The summed E-state index contributed by atoms with van der Waals surface area (Å²) in [6, 6.07) is 30.3. The molecule has 0 radical (unpaired) electrons. The maximum Gasteiger partial charge on any atom is 0.307 e. The number of fused-ring (bicyclic) bond motifs is 2. The van der Waals surface area contributed by atoms with Crippen LogP contribution in [0.2, 0.25) is 0 Å². The highest BCUT2D eigenvalue weighted by molar-refractivity contribution is 6.02. The van der Waals surface area contributed by atoms with Gasteiger partial charge >= 0.3 is 11.8 Å². The second-order valence-electron chi connectivity index (χ2n) is 7.70. The normalized spacial score (nSPS) is 11.4. The van der Waals surface area contributed by atoms with Gasteiger partial charge in [0.15, 0.2) is 11.5 Å². The van der Waals surface area contributed by atoms with Crippen LogP contribution < -0.4 is 10.9 Å². The van der Waals surface area contributed by atoms with E-state index in [0.717, 1.165) is 32.7 Å². The Morgan fingerprint density at radius 2 is 1.00 bits per heavy atom. The lowest BCUT2D eigenvalue weighted by Crippen LogP contribution is -2.18. The summed E-state index contributed by atoms with van der Waals surface area (Å²) in [5.41, 5.74) is 6.58. The second kappa shape index (κ2) is 9.84. The van der Waals surface area contributed by atoms with Crippen molar-refractivity contribution in [3.63, 3.8) is 0 Å². The van der Waals surface area contributed by atoms with Crippen LogP contribution in [0.15, 0.2) is 112 Å². The van der Waals surface area contributed by atoms with Crippen molar-refractivity contribution in [1.82, 2.24) is 10.9 Å². The molecule has 5 rings (SSSR count). The fourth-order valence-corrected chi connectivity index (χ4v) is 3.74. The average molecular weight is 460 g/mol. The number of hydrazone groups is 2. The number of carbonyl (C=O) groups excluding carboxylic acids is 2. The quantitative estimate of drug-likeness (QED) is 0.272. The molecule has 4 aromatic carbocycles. The molecule has 0 saturated heterocycles. The lowest BCUT2D eigenvalue weighted by Gasteiger charge is -2.02. The summed E-state index contributed by atoms with van der Waals surface area (Å²) >= 11 is 0. The number of amides is 2. The molecule has 0 fully saturated rings. The number of carbonyl (C=O) groups is 2. The standard InChI is InChI=1S/C28H20N4O3/c33-27(31-29-17-21-11-5-9-19-7-1-3-13-23(19)21)25-15-16-26(35-25)28(34)32-30-18-22-12-6-10-20-8-2-4-14-24(20)22/h1-18H,(H,31,33)(H,32,34). The van der Waals surface area contributed by atoms with Crippen LogP contribution in [0, 0.1) is 0 Å². The highest BCUT2D eigenvalue weighted by Crippen LogP contribution is 2.18. The van der Waals surface area contributed by atoms with Gasteiger partial charge in [0.2, 0.25) is 0 Å². The fraction of sp³-hybridized carbons (Fsp3) is 0. The monoisotopic (exact) mass is 460 g/mol. The Hall–Kier alpha value is -5.04. The molecule has 2 amide bonds. The molecule has 0 aliphatic heterocycles. The molecule has 0 atom stereocenters. The van der Waals surface area contributed by atoms with Crippen LogP contribution in [0.4, 0.5) is 0 Å². The first-order valence-electron chi connectivity index (χ1n) is 10.9. The summed E-state index contributed by atoms with van der Waals surface area (Å²) in [4.78, 5) is 24.8. The third kappa shape index (κ3) is 4.84. The molecule has 0 unspecified atom stereocenters.